The van der Waals surface area contributed by atoms with Crippen molar-refractivity contribution in [2.45, 2.75) is 39.3 Å². The molecular weight excluding hydrogens is 347 g/mol. The summed E-state index contributed by atoms with van der Waals surface area (Å²) < 4.78 is 14.0. The zero-order valence-corrected chi connectivity index (χ0v) is 15.6. The summed E-state index contributed by atoms with van der Waals surface area (Å²) in [7, 11) is 0. The fraction of sp³-hybridized carbons (Fsp3) is 0.350. The number of nitrogens with zero attached hydrogens (tertiary/aromatic N) is 2. The molecule has 2 amide bonds. The molecule has 0 aliphatic carbocycles. The summed E-state index contributed by atoms with van der Waals surface area (Å²) >= 11 is 0. The zero-order chi connectivity index (χ0) is 19.7. The van der Waals surface area contributed by atoms with Gasteiger partial charge in [0, 0.05) is 36.3 Å². The molecule has 0 saturated carbocycles. The maximum Gasteiger partial charge on any atom is 0.250 e. The molecule has 1 aliphatic heterocycles. The Bertz CT molecular complexity index is 869. The number of aromatic nitrogens is 1. The highest BCUT2D eigenvalue weighted by atomic mass is 19.1. The number of hydrogen-bond donors (Lipinski definition) is 2. The van der Waals surface area contributed by atoms with E-state index in [9.17, 15) is 14.0 Å². The average Bonchev–Trinajstić information content (AvgIpc) is 2.63. The lowest BCUT2D eigenvalue weighted by Crippen LogP contribution is -2.49. The smallest absolute Gasteiger partial charge is 0.250 e. The standard InChI is InChI=1S/C20H23FN4O2/c1-4-16-11(2)19(24-18-8-5-13(10-23-18)20(22)27)15-9-14(21)6-7-17(15)25(16)12(3)26/h5-11,16,19H,4H2,1-3H3,(H2,22,27)(H,23,24)/t11-,16-,19+/m0/s1. The number of carbonyl (C=O) groups excluding carboxylic acids is 2. The summed E-state index contributed by atoms with van der Waals surface area (Å²) in [5.74, 6) is -0.396. The van der Waals surface area contributed by atoms with Gasteiger partial charge in [0.25, 0.3) is 0 Å². The predicted molar refractivity (Wildman–Crippen MR) is 102 cm³/mol. The van der Waals surface area contributed by atoms with E-state index in [0.29, 0.717) is 22.6 Å². The Morgan fingerprint density at radius 3 is 2.59 bits per heavy atom. The van der Waals surface area contributed by atoms with Crippen LogP contribution in [0.1, 0.15) is 49.2 Å². The van der Waals surface area contributed by atoms with Gasteiger partial charge in [-0.25, -0.2) is 9.37 Å². The van der Waals surface area contributed by atoms with Gasteiger partial charge in [-0.2, -0.15) is 0 Å². The van der Waals surface area contributed by atoms with Crippen molar-refractivity contribution in [2.24, 2.45) is 11.7 Å². The lowest BCUT2D eigenvalue weighted by Gasteiger charge is -2.45. The Balaban J connectivity index is 2.03. The summed E-state index contributed by atoms with van der Waals surface area (Å²) in [6.07, 6.45) is 2.17. The van der Waals surface area contributed by atoms with E-state index < -0.39 is 5.91 Å². The summed E-state index contributed by atoms with van der Waals surface area (Å²) in [4.78, 5) is 29.5. The monoisotopic (exact) mass is 370 g/mol. The maximum absolute atomic E-state index is 14.0. The molecule has 1 aromatic carbocycles. The number of pyridine rings is 1. The van der Waals surface area contributed by atoms with Crippen LogP contribution in [0.15, 0.2) is 36.5 Å². The van der Waals surface area contributed by atoms with Crippen LogP contribution in [0.3, 0.4) is 0 Å². The summed E-state index contributed by atoms with van der Waals surface area (Å²) in [6.45, 7) is 5.59. The first-order chi connectivity index (χ1) is 12.8. The molecule has 27 heavy (non-hydrogen) atoms. The Morgan fingerprint density at radius 1 is 1.30 bits per heavy atom. The molecule has 6 nitrogen and oxygen atoms in total. The number of primary amides is 1. The summed E-state index contributed by atoms with van der Waals surface area (Å²) in [6, 6.07) is 7.49. The number of carbonyl (C=O) groups is 2. The molecule has 1 aromatic heterocycles. The van der Waals surface area contributed by atoms with Gasteiger partial charge in [-0.1, -0.05) is 13.8 Å². The van der Waals surface area contributed by atoms with Crippen LogP contribution >= 0.6 is 0 Å². The molecule has 3 N–H and O–H groups in total. The second kappa shape index (κ2) is 7.34. The van der Waals surface area contributed by atoms with Crippen molar-refractivity contribution in [1.29, 1.82) is 0 Å². The van der Waals surface area contributed by atoms with Crippen LogP contribution in [0.2, 0.25) is 0 Å². The van der Waals surface area contributed by atoms with Crippen LogP contribution in [0.4, 0.5) is 15.9 Å². The molecule has 0 bridgehead atoms. The number of rotatable bonds is 4. The molecule has 142 valence electrons. The Hall–Kier alpha value is -2.96. The van der Waals surface area contributed by atoms with Gasteiger partial charge >= 0.3 is 0 Å². The average molecular weight is 370 g/mol. The van der Waals surface area contributed by atoms with Crippen LogP contribution in [-0.4, -0.2) is 22.8 Å². The van der Waals surface area contributed by atoms with E-state index in [4.69, 9.17) is 5.73 Å². The van der Waals surface area contributed by atoms with Crippen molar-refractivity contribution in [1.82, 2.24) is 4.98 Å². The number of benzene rings is 1. The first-order valence-corrected chi connectivity index (χ1v) is 8.95. The predicted octanol–water partition coefficient (Wildman–Crippen LogP) is 3.25. The number of nitrogens with two attached hydrogens (primary N) is 1. The first-order valence-electron chi connectivity index (χ1n) is 8.95. The zero-order valence-electron chi connectivity index (χ0n) is 15.6. The molecule has 0 radical (unpaired) electrons. The molecule has 0 saturated heterocycles. The second-order valence-corrected chi connectivity index (χ2v) is 6.85. The van der Waals surface area contributed by atoms with Gasteiger partial charge in [-0.3, -0.25) is 9.59 Å². The van der Waals surface area contributed by atoms with Crippen molar-refractivity contribution in [3.05, 3.63) is 53.5 Å². The van der Waals surface area contributed by atoms with E-state index in [1.807, 2.05) is 13.8 Å². The minimum absolute atomic E-state index is 0.0193. The minimum Gasteiger partial charge on any atom is -0.366 e. The van der Waals surface area contributed by atoms with Crippen LogP contribution in [-0.2, 0) is 4.79 Å². The fourth-order valence-corrected chi connectivity index (χ4v) is 3.86. The molecule has 1 aliphatic rings. The van der Waals surface area contributed by atoms with Gasteiger partial charge in [0.05, 0.1) is 11.6 Å². The topological polar surface area (TPSA) is 88.3 Å². The lowest BCUT2D eigenvalue weighted by molar-refractivity contribution is -0.117. The van der Waals surface area contributed by atoms with Crippen molar-refractivity contribution in [3.8, 4) is 0 Å². The number of anilines is 2. The molecule has 0 fully saturated rings. The van der Waals surface area contributed by atoms with Gasteiger partial charge in [0.2, 0.25) is 11.8 Å². The molecule has 2 aromatic rings. The van der Waals surface area contributed by atoms with E-state index in [2.05, 4.69) is 10.3 Å². The number of fused-ring (bicyclic) bond motifs is 1. The van der Waals surface area contributed by atoms with Crippen molar-refractivity contribution in [3.63, 3.8) is 0 Å². The van der Waals surface area contributed by atoms with E-state index in [1.165, 1.54) is 25.3 Å². The quantitative estimate of drug-likeness (QED) is 0.865. The Kier molecular flexibility index (Phi) is 5.12. The Morgan fingerprint density at radius 2 is 2.04 bits per heavy atom. The molecule has 0 spiro atoms. The Labute approximate surface area is 157 Å². The van der Waals surface area contributed by atoms with Crippen LogP contribution in [0, 0.1) is 11.7 Å². The normalized spacial score (nSPS) is 21.5. The second-order valence-electron chi connectivity index (χ2n) is 6.85. The summed E-state index contributed by atoms with van der Waals surface area (Å²) in [5, 5.41) is 3.34. The molecular formula is C20H23FN4O2. The van der Waals surface area contributed by atoms with E-state index in [-0.39, 0.29) is 29.7 Å². The maximum atomic E-state index is 14.0. The van der Waals surface area contributed by atoms with Gasteiger partial charge in [0.15, 0.2) is 0 Å². The van der Waals surface area contributed by atoms with Crippen molar-refractivity contribution >= 4 is 23.3 Å². The van der Waals surface area contributed by atoms with Crippen LogP contribution in [0.5, 0.6) is 0 Å². The van der Waals surface area contributed by atoms with E-state index >= 15 is 0 Å². The first kappa shape index (κ1) is 18.8. The number of halogens is 1. The summed E-state index contributed by atoms with van der Waals surface area (Å²) in [5.41, 5.74) is 6.99. The SMILES string of the molecule is CC[C@H]1[C@H](C)[C@@H](Nc2ccc(C(N)=O)cn2)c2cc(F)ccc2N1C(C)=O. The minimum atomic E-state index is -0.546. The van der Waals surface area contributed by atoms with Gasteiger partial charge < -0.3 is 16.0 Å². The molecule has 7 heteroatoms. The molecule has 3 rings (SSSR count). The highest BCUT2D eigenvalue weighted by molar-refractivity contribution is 5.94. The largest absolute Gasteiger partial charge is 0.366 e. The third-order valence-electron chi connectivity index (χ3n) is 5.16. The number of nitrogens with one attached hydrogen (secondary N) is 1. The fourth-order valence-electron chi connectivity index (χ4n) is 3.86. The van der Waals surface area contributed by atoms with Crippen molar-refractivity contribution in [2.75, 3.05) is 10.2 Å². The van der Waals surface area contributed by atoms with Gasteiger partial charge in [0.1, 0.15) is 11.6 Å². The van der Waals surface area contributed by atoms with E-state index in [1.54, 1.807) is 23.1 Å². The van der Waals surface area contributed by atoms with Crippen LogP contribution in [0.25, 0.3) is 0 Å². The third kappa shape index (κ3) is 3.49. The van der Waals surface area contributed by atoms with Crippen molar-refractivity contribution < 1.29 is 14.0 Å². The number of amides is 2. The van der Waals surface area contributed by atoms with E-state index in [0.717, 1.165) is 6.42 Å². The molecule has 3 atom stereocenters. The third-order valence-corrected chi connectivity index (χ3v) is 5.16. The lowest BCUT2D eigenvalue weighted by atomic mass is 9.81. The van der Waals surface area contributed by atoms with Gasteiger partial charge in [-0.15, -0.1) is 0 Å². The van der Waals surface area contributed by atoms with Gasteiger partial charge in [-0.05, 0) is 36.8 Å². The van der Waals surface area contributed by atoms with Crippen LogP contribution < -0.4 is 16.0 Å². The highest BCUT2D eigenvalue weighted by Gasteiger charge is 2.39. The number of hydrogen-bond acceptors (Lipinski definition) is 4. The molecule has 0 unspecified atom stereocenters. The molecule has 2 heterocycles. The highest BCUT2D eigenvalue weighted by Crippen LogP contribution is 2.43.